The Kier molecular flexibility index (Phi) is 17.1. The number of methoxy groups -OCH3 is 4. The highest BCUT2D eigenvalue weighted by Crippen LogP contribution is 2.41. The number of aliphatic hydroxyl groups is 9. The van der Waals surface area contributed by atoms with E-state index in [1.165, 1.54) is 64.9 Å². The number of esters is 2. The lowest BCUT2D eigenvalue weighted by atomic mass is 9.96. The molecule has 24 heteroatoms. The van der Waals surface area contributed by atoms with Crippen LogP contribution in [0, 0.1) is 0 Å². The van der Waals surface area contributed by atoms with Gasteiger partial charge < -0.3 is 108 Å². The summed E-state index contributed by atoms with van der Waals surface area (Å²) in [5.41, 5.74) is 0.595. The molecular formula is C40H52O24. The van der Waals surface area contributed by atoms with Crippen LogP contribution >= 0.6 is 0 Å². The highest BCUT2D eigenvalue weighted by Gasteiger charge is 2.61. The van der Waals surface area contributed by atoms with E-state index in [4.69, 9.17) is 52.1 Å². The van der Waals surface area contributed by atoms with Gasteiger partial charge in [0.1, 0.15) is 74.3 Å². The van der Waals surface area contributed by atoms with Crippen molar-refractivity contribution in [3.8, 4) is 34.5 Å². The molecule has 0 aromatic heterocycles. The molecule has 24 nitrogen and oxygen atoms in total. The van der Waals surface area contributed by atoms with E-state index in [9.17, 15) is 65.8 Å². The van der Waals surface area contributed by atoms with Crippen LogP contribution in [0.1, 0.15) is 11.1 Å². The fourth-order valence-electron chi connectivity index (χ4n) is 6.97. The maximum Gasteiger partial charge on any atom is 0.331 e. The van der Waals surface area contributed by atoms with Crippen molar-refractivity contribution in [2.45, 2.75) is 85.5 Å². The number of phenolic OH excluding ortho intramolecular Hbond substituents is 2. The zero-order valence-electron chi connectivity index (χ0n) is 34.7. The highest BCUT2D eigenvalue weighted by atomic mass is 16.8. The Morgan fingerprint density at radius 2 is 1.12 bits per heavy atom. The molecule has 356 valence electrons. The number of phenols is 2. The Labute approximate surface area is 364 Å². The number of benzene rings is 2. The number of carbonyl (C=O) groups excluding carboxylic acids is 2. The molecule has 3 aliphatic rings. The number of hydrogen-bond donors (Lipinski definition) is 11. The monoisotopic (exact) mass is 916 g/mol. The molecule has 0 amide bonds. The molecule has 0 radical (unpaired) electrons. The first-order valence-corrected chi connectivity index (χ1v) is 19.4. The average molecular weight is 917 g/mol. The minimum atomic E-state index is -2.67. The van der Waals surface area contributed by atoms with Gasteiger partial charge in [0.2, 0.25) is 17.3 Å². The van der Waals surface area contributed by atoms with Crippen LogP contribution in [0.4, 0.5) is 0 Å². The second-order valence-corrected chi connectivity index (χ2v) is 14.4. The van der Waals surface area contributed by atoms with Gasteiger partial charge in [-0.2, -0.15) is 0 Å². The molecule has 0 aliphatic carbocycles. The van der Waals surface area contributed by atoms with Crippen molar-refractivity contribution in [2.75, 3.05) is 54.9 Å². The number of aliphatic hydroxyl groups excluding tert-OH is 9. The normalized spacial score (nSPS) is 33.0. The Morgan fingerprint density at radius 1 is 0.625 bits per heavy atom. The Balaban J connectivity index is 1.42. The summed E-state index contributed by atoms with van der Waals surface area (Å²) in [7, 11) is 5.16. The van der Waals surface area contributed by atoms with Crippen LogP contribution in [-0.4, -0.2) is 208 Å². The van der Waals surface area contributed by atoms with Crippen molar-refractivity contribution in [1.29, 1.82) is 0 Å². The lowest BCUT2D eigenvalue weighted by molar-refractivity contribution is -0.399. The third-order valence-electron chi connectivity index (χ3n) is 10.4. The van der Waals surface area contributed by atoms with Crippen LogP contribution in [0.25, 0.3) is 12.2 Å². The molecule has 2 aromatic rings. The van der Waals surface area contributed by atoms with Gasteiger partial charge in [-0.25, -0.2) is 9.59 Å². The van der Waals surface area contributed by atoms with Gasteiger partial charge in [0, 0.05) is 12.2 Å². The van der Waals surface area contributed by atoms with Crippen LogP contribution in [-0.2, 0) is 42.7 Å². The molecule has 0 unspecified atom stereocenters. The molecule has 11 N–H and O–H groups in total. The van der Waals surface area contributed by atoms with Crippen LogP contribution in [0.2, 0.25) is 0 Å². The van der Waals surface area contributed by atoms with E-state index in [0.29, 0.717) is 5.56 Å². The fourth-order valence-corrected chi connectivity index (χ4v) is 6.97. The standard InChI is InChI=1S/C40H52O24/c1-54-19-9-17(10-20(55-2)28(19)46)5-7-26(44)58-15-25-31(49)36(62-38-34(52)33(51)30(48)23(13-41)59-38)35(53)39(60-25)64-40(16-43)37(32(50)24(14-42)63-40)61-27(45)8-6-18-11-21(56-3)29(47)22(12-18)57-4/h5-12,23-25,30-39,41-43,46-53H,13-16H2,1-4H3/t23-,24-,25+,30-,31-,32-,33-,34+,35-,36+,37+,38-,39+,40+/m1/s1. The molecule has 3 heterocycles. The van der Waals surface area contributed by atoms with Gasteiger partial charge in [0.15, 0.2) is 41.7 Å². The third-order valence-corrected chi connectivity index (χ3v) is 10.4. The second-order valence-electron chi connectivity index (χ2n) is 14.4. The number of carbonyl (C=O) groups is 2. The molecule has 3 aliphatic heterocycles. The first kappa shape index (κ1) is 50.1. The summed E-state index contributed by atoms with van der Waals surface area (Å²) in [6.45, 7) is -3.89. The van der Waals surface area contributed by atoms with E-state index >= 15 is 0 Å². The summed E-state index contributed by atoms with van der Waals surface area (Å²) >= 11 is 0. The first-order valence-electron chi connectivity index (χ1n) is 19.4. The topological polar surface area (TPSA) is 358 Å². The average Bonchev–Trinajstić information content (AvgIpc) is 3.56. The molecule has 3 fully saturated rings. The summed E-state index contributed by atoms with van der Waals surface area (Å²) in [4.78, 5) is 26.2. The SMILES string of the molecule is COc1cc(C=CC(=O)OC[C@@H]2O[C@@H](O[C@]3(CO)O[C@H](CO)[C@@H](O)[C@@H]3OC(=O)C=Cc3cc(OC)c(O)c(OC)c3)[C@H](O)[C@@H](O[C@H]3O[C@H](CO)[C@@H](O)[C@@H](O)[C@@H]3O)[C@@H]2O)cc(OC)c1O. The number of aromatic hydroxyl groups is 2. The van der Waals surface area contributed by atoms with E-state index in [0.717, 1.165) is 12.2 Å². The molecule has 2 aromatic carbocycles. The highest BCUT2D eigenvalue weighted by molar-refractivity contribution is 5.88. The van der Waals surface area contributed by atoms with E-state index in [1.807, 2.05) is 0 Å². The molecule has 14 atom stereocenters. The van der Waals surface area contributed by atoms with Crippen molar-refractivity contribution < 1.29 is 118 Å². The largest absolute Gasteiger partial charge is 0.502 e. The van der Waals surface area contributed by atoms with Crippen molar-refractivity contribution in [3.05, 3.63) is 47.5 Å². The molecule has 0 spiro atoms. The number of rotatable bonds is 18. The van der Waals surface area contributed by atoms with Gasteiger partial charge in [-0.3, -0.25) is 0 Å². The van der Waals surface area contributed by atoms with E-state index in [2.05, 4.69) is 0 Å². The second kappa shape index (κ2) is 21.9. The quantitative estimate of drug-likeness (QED) is 0.0508. The zero-order chi connectivity index (χ0) is 47.0. The zero-order valence-corrected chi connectivity index (χ0v) is 34.7. The minimum absolute atomic E-state index is 0.00356. The summed E-state index contributed by atoms with van der Waals surface area (Å²) < 4.78 is 59.7. The Morgan fingerprint density at radius 3 is 1.61 bits per heavy atom. The van der Waals surface area contributed by atoms with Crippen LogP contribution < -0.4 is 18.9 Å². The molecule has 64 heavy (non-hydrogen) atoms. The summed E-state index contributed by atoms with van der Waals surface area (Å²) in [6, 6.07) is 5.47. The van der Waals surface area contributed by atoms with Crippen LogP contribution in [0.5, 0.6) is 34.5 Å². The van der Waals surface area contributed by atoms with Gasteiger partial charge in [-0.15, -0.1) is 0 Å². The van der Waals surface area contributed by atoms with Crippen molar-refractivity contribution >= 4 is 24.1 Å². The minimum Gasteiger partial charge on any atom is -0.502 e. The fraction of sp³-hybridized carbons (Fsp3) is 0.550. The predicted octanol–water partition coefficient (Wildman–Crippen LogP) is -3.60. The number of hydrogen-bond acceptors (Lipinski definition) is 24. The third kappa shape index (κ3) is 10.8. The predicted molar refractivity (Wildman–Crippen MR) is 210 cm³/mol. The van der Waals surface area contributed by atoms with Crippen molar-refractivity contribution in [2.24, 2.45) is 0 Å². The Hall–Kier alpha value is -4.90. The van der Waals surface area contributed by atoms with E-state index in [-0.39, 0.29) is 40.1 Å². The molecule has 5 rings (SSSR count). The van der Waals surface area contributed by atoms with Gasteiger partial charge >= 0.3 is 11.9 Å². The summed E-state index contributed by atoms with van der Waals surface area (Å²) in [5.74, 6) is -5.44. The number of ether oxygens (including phenoxy) is 11. The lowest BCUT2D eigenvalue weighted by Gasteiger charge is -2.47. The first-order chi connectivity index (χ1) is 30.5. The van der Waals surface area contributed by atoms with E-state index < -0.39 is 124 Å². The van der Waals surface area contributed by atoms with Crippen LogP contribution in [0.15, 0.2) is 36.4 Å². The van der Waals surface area contributed by atoms with Crippen LogP contribution in [0.3, 0.4) is 0 Å². The smallest absolute Gasteiger partial charge is 0.331 e. The Bertz CT molecular complexity index is 1910. The van der Waals surface area contributed by atoms with Gasteiger partial charge in [0.25, 0.3) is 0 Å². The van der Waals surface area contributed by atoms with Gasteiger partial charge in [-0.1, -0.05) is 0 Å². The lowest BCUT2D eigenvalue weighted by Crippen LogP contribution is -2.66. The maximum absolute atomic E-state index is 13.2. The summed E-state index contributed by atoms with van der Waals surface area (Å²) in [5, 5.41) is 116. The molecular weight excluding hydrogens is 864 g/mol. The van der Waals surface area contributed by atoms with Gasteiger partial charge in [0.05, 0.1) is 41.7 Å². The van der Waals surface area contributed by atoms with E-state index in [1.54, 1.807) is 0 Å². The summed E-state index contributed by atoms with van der Waals surface area (Å²) in [6.07, 6.45) is -20.5. The maximum atomic E-state index is 13.2. The molecule has 3 saturated heterocycles. The van der Waals surface area contributed by atoms with Gasteiger partial charge in [-0.05, 0) is 47.5 Å². The molecule has 0 bridgehead atoms. The van der Waals surface area contributed by atoms with Crippen molar-refractivity contribution in [1.82, 2.24) is 0 Å². The molecule has 0 saturated carbocycles. The van der Waals surface area contributed by atoms with Crippen molar-refractivity contribution in [3.63, 3.8) is 0 Å².